The molecule has 1 aromatic heterocycles. The van der Waals surface area contributed by atoms with Gasteiger partial charge in [0.1, 0.15) is 0 Å². The molecule has 0 aromatic carbocycles. The highest BCUT2D eigenvalue weighted by Gasteiger charge is 2.21. The van der Waals surface area contributed by atoms with Crippen LogP contribution in [0.4, 0.5) is 8.78 Å². The molecule has 0 spiro atoms. The minimum absolute atomic E-state index is 0.118. The second kappa shape index (κ2) is 9.27. The van der Waals surface area contributed by atoms with E-state index in [4.69, 9.17) is 0 Å². The van der Waals surface area contributed by atoms with E-state index in [0.29, 0.717) is 13.1 Å². The number of nitrogens with one attached hydrogen (secondary N) is 2. The van der Waals surface area contributed by atoms with Crippen LogP contribution in [-0.2, 0) is 6.42 Å². The standard InChI is InChI=1S/C16H27F2N5S/c1-11-14(24-12(2)21-11)4-7-20-16(19-3)22-13-5-8-23(9-6-13)10-15(17)18/h13,15H,4-10H2,1-3H3,(H2,19,20,22). The van der Waals surface area contributed by atoms with Crippen LogP contribution in [0.3, 0.4) is 0 Å². The number of piperidine rings is 1. The summed E-state index contributed by atoms with van der Waals surface area (Å²) < 4.78 is 24.8. The lowest BCUT2D eigenvalue weighted by Gasteiger charge is -2.32. The summed E-state index contributed by atoms with van der Waals surface area (Å²) >= 11 is 1.74. The molecule has 1 aromatic rings. The number of alkyl halides is 2. The van der Waals surface area contributed by atoms with Gasteiger partial charge in [0.05, 0.1) is 17.2 Å². The summed E-state index contributed by atoms with van der Waals surface area (Å²) in [5.74, 6) is 0.779. The predicted molar refractivity (Wildman–Crippen MR) is 95.3 cm³/mol. The van der Waals surface area contributed by atoms with Crippen LogP contribution in [0.2, 0.25) is 0 Å². The Morgan fingerprint density at radius 3 is 2.62 bits per heavy atom. The highest BCUT2D eigenvalue weighted by atomic mass is 32.1. The fourth-order valence-corrected chi connectivity index (χ4v) is 3.88. The van der Waals surface area contributed by atoms with Gasteiger partial charge in [0.25, 0.3) is 6.43 Å². The second-order valence-corrected chi connectivity index (χ2v) is 7.39. The summed E-state index contributed by atoms with van der Waals surface area (Å²) in [5.41, 5.74) is 1.11. The molecule has 0 saturated carbocycles. The zero-order chi connectivity index (χ0) is 17.5. The lowest BCUT2D eigenvalue weighted by Crippen LogP contribution is -2.49. The largest absolute Gasteiger partial charge is 0.356 e. The molecular formula is C16H27F2N5S. The molecule has 8 heteroatoms. The Morgan fingerprint density at radius 1 is 1.38 bits per heavy atom. The van der Waals surface area contributed by atoms with E-state index in [1.54, 1.807) is 18.4 Å². The molecule has 0 bridgehead atoms. The zero-order valence-corrected chi connectivity index (χ0v) is 15.4. The molecule has 1 aliphatic heterocycles. The van der Waals surface area contributed by atoms with E-state index >= 15 is 0 Å². The summed E-state index contributed by atoms with van der Waals surface area (Å²) in [6.07, 6.45) is 0.397. The third-order valence-corrected chi connectivity index (χ3v) is 5.32. The van der Waals surface area contributed by atoms with Crippen LogP contribution < -0.4 is 10.6 Å². The van der Waals surface area contributed by atoms with Crippen LogP contribution in [-0.4, -0.2) is 61.5 Å². The lowest BCUT2D eigenvalue weighted by atomic mass is 10.1. The summed E-state index contributed by atoms with van der Waals surface area (Å²) in [6, 6.07) is 0.289. The molecule has 1 aliphatic rings. The Kier molecular flexibility index (Phi) is 7.36. The average Bonchev–Trinajstić information content (AvgIpc) is 2.85. The number of likely N-dealkylation sites (tertiary alicyclic amines) is 1. The van der Waals surface area contributed by atoms with E-state index < -0.39 is 6.43 Å². The van der Waals surface area contributed by atoms with Crippen LogP contribution in [0.25, 0.3) is 0 Å². The van der Waals surface area contributed by atoms with Gasteiger partial charge in [-0.2, -0.15) is 0 Å². The molecule has 2 heterocycles. The van der Waals surface area contributed by atoms with Crippen LogP contribution in [0.1, 0.15) is 28.4 Å². The molecule has 0 amide bonds. The Balaban J connectivity index is 1.70. The normalized spacial score (nSPS) is 17.5. The van der Waals surface area contributed by atoms with Gasteiger partial charge in [-0.1, -0.05) is 0 Å². The van der Waals surface area contributed by atoms with Crippen LogP contribution in [0, 0.1) is 13.8 Å². The van der Waals surface area contributed by atoms with Gasteiger partial charge in [0, 0.05) is 44.0 Å². The number of rotatable bonds is 6. The topological polar surface area (TPSA) is 52.6 Å². The first-order valence-corrected chi connectivity index (χ1v) is 9.20. The maximum absolute atomic E-state index is 12.4. The highest BCUT2D eigenvalue weighted by Crippen LogP contribution is 2.17. The minimum Gasteiger partial charge on any atom is -0.356 e. The molecule has 2 rings (SSSR count). The fraction of sp³-hybridized carbons (Fsp3) is 0.750. The van der Waals surface area contributed by atoms with Crippen LogP contribution in [0.5, 0.6) is 0 Å². The number of nitrogens with zero attached hydrogens (tertiary/aromatic N) is 3. The SMILES string of the molecule is CN=C(NCCc1sc(C)nc1C)NC1CCN(CC(F)F)CC1. The minimum atomic E-state index is -2.25. The Morgan fingerprint density at radius 2 is 2.08 bits per heavy atom. The second-order valence-electron chi connectivity index (χ2n) is 6.10. The zero-order valence-electron chi connectivity index (χ0n) is 14.6. The number of thiazole rings is 1. The number of aryl methyl sites for hydroxylation is 2. The molecule has 0 radical (unpaired) electrons. The van der Waals surface area contributed by atoms with Crippen molar-refractivity contribution >= 4 is 17.3 Å². The monoisotopic (exact) mass is 359 g/mol. The van der Waals surface area contributed by atoms with E-state index in [9.17, 15) is 8.78 Å². The van der Waals surface area contributed by atoms with Gasteiger partial charge in [-0.25, -0.2) is 13.8 Å². The molecule has 24 heavy (non-hydrogen) atoms. The van der Waals surface area contributed by atoms with E-state index in [2.05, 4.69) is 20.6 Å². The van der Waals surface area contributed by atoms with Crippen LogP contribution >= 0.6 is 11.3 Å². The van der Waals surface area contributed by atoms with Gasteiger partial charge in [-0.15, -0.1) is 11.3 Å². The van der Waals surface area contributed by atoms with Crippen molar-refractivity contribution in [3.8, 4) is 0 Å². The summed E-state index contributed by atoms with van der Waals surface area (Å²) in [4.78, 5) is 11.8. The van der Waals surface area contributed by atoms with Crippen molar-refractivity contribution in [2.75, 3.05) is 33.2 Å². The van der Waals surface area contributed by atoms with Gasteiger partial charge in [-0.05, 0) is 26.7 Å². The molecule has 0 aliphatic carbocycles. The number of halogens is 2. The van der Waals surface area contributed by atoms with Crippen molar-refractivity contribution in [2.24, 2.45) is 4.99 Å². The molecule has 1 fully saturated rings. The summed E-state index contributed by atoms with van der Waals surface area (Å²) in [7, 11) is 1.75. The van der Waals surface area contributed by atoms with Crippen molar-refractivity contribution < 1.29 is 8.78 Å². The van der Waals surface area contributed by atoms with Gasteiger partial charge in [0.2, 0.25) is 0 Å². The van der Waals surface area contributed by atoms with Crippen LogP contribution in [0.15, 0.2) is 4.99 Å². The lowest BCUT2D eigenvalue weighted by molar-refractivity contribution is 0.0744. The molecule has 1 saturated heterocycles. The summed E-state index contributed by atoms with van der Waals surface area (Å²) in [6.45, 7) is 6.16. The first-order valence-electron chi connectivity index (χ1n) is 8.38. The summed E-state index contributed by atoms with van der Waals surface area (Å²) in [5, 5.41) is 7.83. The Bertz CT molecular complexity index is 539. The number of hydrogen-bond donors (Lipinski definition) is 2. The van der Waals surface area contributed by atoms with E-state index in [-0.39, 0.29) is 12.6 Å². The maximum Gasteiger partial charge on any atom is 0.251 e. The third-order valence-electron chi connectivity index (χ3n) is 4.19. The quantitative estimate of drug-likeness (QED) is 0.604. The molecule has 136 valence electrons. The van der Waals surface area contributed by atoms with E-state index in [1.165, 1.54) is 4.88 Å². The molecular weight excluding hydrogens is 332 g/mol. The third kappa shape index (κ3) is 5.98. The van der Waals surface area contributed by atoms with Crippen molar-refractivity contribution in [3.63, 3.8) is 0 Å². The average molecular weight is 359 g/mol. The fourth-order valence-electron chi connectivity index (χ4n) is 2.94. The highest BCUT2D eigenvalue weighted by molar-refractivity contribution is 7.11. The van der Waals surface area contributed by atoms with Gasteiger partial charge in [-0.3, -0.25) is 9.89 Å². The Hall–Kier alpha value is -1.28. The predicted octanol–water partition coefficient (Wildman–Crippen LogP) is 2.20. The molecule has 5 nitrogen and oxygen atoms in total. The van der Waals surface area contributed by atoms with Crippen molar-refractivity contribution in [1.82, 2.24) is 20.5 Å². The molecule has 0 atom stereocenters. The Labute approximate surface area is 146 Å². The smallest absolute Gasteiger partial charge is 0.251 e. The number of aliphatic imine (C=N–C) groups is 1. The number of aromatic nitrogens is 1. The first kappa shape index (κ1) is 19.1. The van der Waals surface area contributed by atoms with Gasteiger partial charge < -0.3 is 10.6 Å². The van der Waals surface area contributed by atoms with E-state index in [1.807, 2.05) is 18.7 Å². The van der Waals surface area contributed by atoms with E-state index in [0.717, 1.165) is 42.5 Å². The van der Waals surface area contributed by atoms with Crippen molar-refractivity contribution in [3.05, 3.63) is 15.6 Å². The number of guanidine groups is 1. The van der Waals surface area contributed by atoms with Crippen molar-refractivity contribution in [2.45, 2.75) is 45.6 Å². The first-order chi connectivity index (χ1) is 11.5. The van der Waals surface area contributed by atoms with Gasteiger partial charge in [0.15, 0.2) is 5.96 Å². The van der Waals surface area contributed by atoms with Crippen molar-refractivity contribution in [1.29, 1.82) is 0 Å². The van der Waals surface area contributed by atoms with Gasteiger partial charge >= 0.3 is 0 Å². The molecule has 2 N–H and O–H groups in total. The molecule has 0 unspecified atom stereocenters. The maximum atomic E-state index is 12.4. The number of hydrogen-bond acceptors (Lipinski definition) is 4.